The van der Waals surface area contributed by atoms with Crippen molar-refractivity contribution in [1.29, 1.82) is 5.26 Å². The van der Waals surface area contributed by atoms with Gasteiger partial charge in [0.2, 0.25) is 11.8 Å². The van der Waals surface area contributed by atoms with Crippen LogP contribution in [-0.4, -0.2) is 42.9 Å². The molecule has 9 heteroatoms. The van der Waals surface area contributed by atoms with Gasteiger partial charge in [-0.1, -0.05) is 0 Å². The smallest absolute Gasteiger partial charge is 0.370 e. The van der Waals surface area contributed by atoms with E-state index >= 15 is 0 Å². The average molecular weight is 408 g/mol. The van der Waals surface area contributed by atoms with Crippen LogP contribution in [0.3, 0.4) is 0 Å². The molecule has 0 saturated carbocycles. The van der Waals surface area contributed by atoms with Crippen LogP contribution in [0, 0.1) is 23.2 Å². The predicted molar refractivity (Wildman–Crippen MR) is 99.6 cm³/mol. The molecule has 0 atom stereocenters. The van der Waals surface area contributed by atoms with E-state index in [9.17, 15) is 28.0 Å². The molecule has 2 aliphatic heterocycles. The monoisotopic (exact) mass is 408 g/mol. The Balaban J connectivity index is 1.60. The lowest BCUT2D eigenvalue weighted by Gasteiger charge is -2.37. The largest absolute Gasteiger partial charge is 0.416 e. The lowest BCUT2D eigenvalue weighted by Crippen LogP contribution is -2.47. The zero-order chi connectivity index (χ0) is 21.2. The third-order valence-electron chi connectivity index (χ3n) is 5.84. The van der Waals surface area contributed by atoms with Gasteiger partial charge < -0.3 is 15.5 Å². The highest BCUT2D eigenvalue weighted by atomic mass is 19.4. The van der Waals surface area contributed by atoms with Crippen LogP contribution in [0.4, 0.5) is 18.9 Å². The summed E-state index contributed by atoms with van der Waals surface area (Å²) in [6, 6.07) is 5.03. The Bertz CT molecular complexity index is 818. The molecule has 2 saturated heterocycles. The number of anilines is 1. The summed E-state index contributed by atoms with van der Waals surface area (Å²) < 4.78 is 38.6. The maximum atomic E-state index is 12.9. The minimum Gasteiger partial charge on any atom is -0.370 e. The molecule has 0 aromatic heterocycles. The average Bonchev–Trinajstić information content (AvgIpc) is 2.72. The van der Waals surface area contributed by atoms with Crippen LogP contribution < -0.4 is 10.6 Å². The molecule has 156 valence electrons. The summed E-state index contributed by atoms with van der Waals surface area (Å²) in [5.41, 5.74) is 4.93. The topological polar surface area (TPSA) is 90.4 Å². The van der Waals surface area contributed by atoms with Crippen LogP contribution in [0.2, 0.25) is 0 Å². The van der Waals surface area contributed by atoms with Crippen LogP contribution >= 0.6 is 0 Å². The number of primary amides is 1. The minimum atomic E-state index is -4.49. The maximum Gasteiger partial charge on any atom is 0.416 e. The molecule has 0 radical (unpaired) electrons. The normalized spacial score (nSPS) is 19.1. The maximum absolute atomic E-state index is 12.9. The summed E-state index contributed by atoms with van der Waals surface area (Å²) in [7, 11) is 0. The first-order valence-corrected chi connectivity index (χ1v) is 9.65. The lowest BCUT2D eigenvalue weighted by atomic mass is 9.91. The summed E-state index contributed by atoms with van der Waals surface area (Å²) in [5.74, 6) is -0.600. The van der Waals surface area contributed by atoms with Gasteiger partial charge in [0.15, 0.2) is 0 Å². The highest BCUT2D eigenvalue weighted by Crippen LogP contribution is 2.34. The molecule has 0 aliphatic carbocycles. The van der Waals surface area contributed by atoms with Crippen molar-refractivity contribution in [2.24, 2.45) is 17.6 Å². The van der Waals surface area contributed by atoms with Crippen LogP contribution in [0.1, 0.15) is 36.8 Å². The van der Waals surface area contributed by atoms with E-state index in [2.05, 4.69) is 0 Å². The number of nitrogens with zero attached hydrogens (tertiary/aromatic N) is 3. The molecular weight excluding hydrogens is 385 g/mol. The fourth-order valence-electron chi connectivity index (χ4n) is 4.09. The second kappa shape index (κ2) is 8.31. The number of hydrogen-bond acceptors (Lipinski definition) is 4. The highest BCUT2D eigenvalue weighted by molar-refractivity contribution is 5.80. The van der Waals surface area contributed by atoms with Crippen LogP contribution in [-0.2, 0) is 15.8 Å². The third kappa shape index (κ3) is 4.63. The first-order chi connectivity index (χ1) is 13.7. The van der Waals surface area contributed by atoms with Crippen molar-refractivity contribution in [2.75, 3.05) is 31.1 Å². The SMILES string of the molecule is N#Cc1cc(C(F)(F)F)ccc1N1CCC(C(=O)N2CCC(C(N)=O)CC2)CC1. The number of hydrogen-bond donors (Lipinski definition) is 1. The summed E-state index contributed by atoms with van der Waals surface area (Å²) in [6.45, 7) is 2.02. The van der Waals surface area contributed by atoms with E-state index in [0.29, 0.717) is 57.5 Å². The molecule has 1 aromatic carbocycles. The van der Waals surface area contributed by atoms with Crippen molar-refractivity contribution < 1.29 is 22.8 Å². The number of alkyl halides is 3. The Labute approximate surface area is 167 Å². The molecule has 29 heavy (non-hydrogen) atoms. The van der Waals surface area contributed by atoms with Crippen molar-refractivity contribution >= 4 is 17.5 Å². The van der Waals surface area contributed by atoms with E-state index in [1.165, 1.54) is 6.07 Å². The Morgan fingerprint density at radius 1 is 1.03 bits per heavy atom. The highest BCUT2D eigenvalue weighted by Gasteiger charge is 2.34. The molecule has 0 spiro atoms. The molecule has 2 fully saturated rings. The van der Waals surface area contributed by atoms with Gasteiger partial charge >= 0.3 is 6.18 Å². The van der Waals surface area contributed by atoms with Gasteiger partial charge in [-0.15, -0.1) is 0 Å². The summed E-state index contributed by atoms with van der Waals surface area (Å²) in [6.07, 6.45) is -2.19. The van der Waals surface area contributed by atoms with Gasteiger partial charge in [0.05, 0.1) is 16.8 Å². The van der Waals surface area contributed by atoms with Gasteiger partial charge in [-0.2, -0.15) is 18.4 Å². The molecule has 3 rings (SSSR count). The fraction of sp³-hybridized carbons (Fsp3) is 0.550. The number of rotatable bonds is 3. The molecule has 0 unspecified atom stereocenters. The van der Waals surface area contributed by atoms with Crippen molar-refractivity contribution in [3.05, 3.63) is 29.3 Å². The molecule has 6 nitrogen and oxygen atoms in total. The van der Waals surface area contributed by atoms with Crippen molar-refractivity contribution in [2.45, 2.75) is 31.9 Å². The number of halogens is 3. The van der Waals surface area contributed by atoms with Crippen molar-refractivity contribution in [1.82, 2.24) is 4.90 Å². The summed E-state index contributed by atoms with van der Waals surface area (Å²) in [5, 5.41) is 9.27. The number of carbonyl (C=O) groups is 2. The molecule has 2 amide bonds. The first-order valence-electron chi connectivity index (χ1n) is 9.65. The van der Waals surface area contributed by atoms with E-state index < -0.39 is 11.7 Å². The van der Waals surface area contributed by atoms with Gasteiger partial charge in [-0.25, -0.2) is 0 Å². The number of piperidine rings is 2. The molecule has 2 heterocycles. The standard InChI is InChI=1S/C20H23F3N4O2/c21-20(22,23)16-1-2-17(15(11-16)12-24)26-7-5-14(6-8-26)19(29)27-9-3-13(4-10-27)18(25)28/h1-2,11,13-14H,3-10H2,(H2,25,28). The molecule has 2 aliphatic rings. The lowest BCUT2D eigenvalue weighted by molar-refractivity contribution is -0.139. The first kappa shape index (κ1) is 21.0. The quantitative estimate of drug-likeness (QED) is 0.832. The van der Waals surface area contributed by atoms with Gasteiger partial charge in [-0.05, 0) is 43.9 Å². The van der Waals surface area contributed by atoms with Gasteiger partial charge in [0.1, 0.15) is 6.07 Å². The van der Waals surface area contributed by atoms with Crippen LogP contribution in [0.15, 0.2) is 18.2 Å². The minimum absolute atomic E-state index is 0.0156. The van der Waals surface area contributed by atoms with E-state index in [0.717, 1.165) is 12.1 Å². The number of carbonyl (C=O) groups excluding carboxylic acids is 2. The van der Waals surface area contributed by atoms with Crippen LogP contribution in [0.25, 0.3) is 0 Å². The Hall–Kier alpha value is -2.76. The van der Waals surface area contributed by atoms with E-state index in [1.54, 1.807) is 4.90 Å². The number of nitrogens with two attached hydrogens (primary N) is 1. The second-order valence-corrected chi connectivity index (χ2v) is 7.60. The summed E-state index contributed by atoms with van der Waals surface area (Å²) >= 11 is 0. The Kier molecular flexibility index (Phi) is 6.01. The Morgan fingerprint density at radius 2 is 1.62 bits per heavy atom. The zero-order valence-electron chi connectivity index (χ0n) is 15.9. The molecule has 2 N–H and O–H groups in total. The van der Waals surface area contributed by atoms with E-state index in [1.807, 2.05) is 11.0 Å². The number of benzene rings is 1. The molecule has 0 bridgehead atoms. The number of likely N-dealkylation sites (tertiary alicyclic amines) is 1. The number of amides is 2. The van der Waals surface area contributed by atoms with Gasteiger partial charge in [-0.3, -0.25) is 9.59 Å². The summed E-state index contributed by atoms with van der Waals surface area (Å²) in [4.78, 5) is 27.7. The molecule has 1 aromatic rings. The van der Waals surface area contributed by atoms with Crippen molar-refractivity contribution in [3.8, 4) is 6.07 Å². The van der Waals surface area contributed by atoms with E-state index in [4.69, 9.17) is 5.73 Å². The van der Waals surface area contributed by atoms with Crippen molar-refractivity contribution in [3.63, 3.8) is 0 Å². The second-order valence-electron chi connectivity index (χ2n) is 7.60. The third-order valence-corrected chi connectivity index (χ3v) is 5.84. The van der Waals surface area contributed by atoms with Gasteiger partial charge in [0.25, 0.3) is 0 Å². The van der Waals surface area contributed by atoms with Gasteiger partial charge in [0, 0.05) is 38.0 Å². The number of nitriles is 1. The Morgan fingerprint density at radius 3 is 2.14 bits per heavy atom. The van der Waals surface area contributed by atoms with E-state index in [-0.39, 0.29) is 29.2 Å². The zero-order valence-corrected chi connectivity index (χ0v) is 15.9. The fourth-order valence-corrected chi connectivity index (χ4v) is 4.09. The van der Waals surface area contributed by atoms with Crippen LogP contribution in [0.5, 0.6) is 0 Å². The molecular formula is C20H23F3N4O2. The predicted octanol–water partition coefficient (Wildman–Crippen LogP) is 2.52.